The van der Waals surface area contributed by atoms with Crippen molar-refractivity contribution in [1.82, 2.24) is 20.2 Å². The Morgan fingerprint density at radius 2 is 2.08 bits per heavy atom. The van der Waals surface area contributed by atoms with E-state index in [1.54, 1.807) is 4.90 Å². The van der Waals surface area contributed by atoms with E-state index in [9.17, 15) is 9.59 Å². The van der Waals surface area contributed by atoms with Crippen molar-refractivity contribution in [2.24, 2.45) is 0 Å². The second-order valence-corrected chi connectivity index (χ2v) is 6.19. The summed E-state index contributed by atoms with van der Waals surface area (Å²) in [5, 5.41) is 2.53. The van der Waals surface area contributed by atoms with Crippen LogP contribution in [0.25, 0.3) is 0 Å². The summed E-state index contributed by atoms with van der Waals surface area (Å²) < 4.78 is 5.92. The molecule has 24 heavy (non-hydrogen) atoms. The fourth-order valence-electron chi connectivity index (χ4n) is 3.05. The Morgan fingerprint density at radius 1 is 1.29 bits per heavy atom. The Bertz CT molecular complexity index is 603. The quantitative estimate of drug-likeness (QED) is 0.828. The molecular weight excluding hydrogens is 310 g/mol. The molecule has 2 fully saturated rings. The van der Waals surface area contributed by atoms with Crippen LogP contribution in [-0.4, -0.2) is 65.5 Å². The maximum Gasteiger partial charge on any atom is 0.242 e. The molecule has 2 saturated heterocycles. The number of nitrogens with zero attached hydrogens (tertiary/aromatic N) is 4. The van der Waals surface area contributed by atoms with E-state index >= 15 is 0 Å². The fourth-order valence-corrected chi connectivity index (χ4v) is 3.05. The van der Waals surface area contributed by atoms with Gasteiger partial charge in [-0.15, -0.1) is 0 Å². The van der Waals surface area contributed by atoms with E-state index in [1.807, 2.05) is 6.07 Å². The Morgan fingerprint density at radius 3 is 2.83 bits per heavy atom. The van der Waals surface area contributed by atoms with E-state index in [-0.39, 0.29) is 24.5 Å². The molecule has 1 N–H and O–H groups in total. The van der Waals surface area contributed by atoms with Gasteiger partial charge in [0.15, 0.2) is 0 Å². The zero-order valence-electron chi connectivity index (χ0n) is 13.9. The van der Waals surface area contributed by atoms with Crippen molar-refractivity contribution in [3.05, 3.63) is 12.4 Å². The van der Waals surface area contributed by atoms with Crippen LogP contribution in [0.15, 0.2) is 12.4 Å². The molecule has 0 radical (unpaired) electrons. The van der Waals surface area contributed by atoms with Crippen LogP contribution in [-0.2, 0) is 9.59 Å². The first-order chi connectivity index (χ1) is 11.6. The topological polar surface area (TPSA) is 87.7 Å². The monoisotopic (exact) mass is 333 g/mol. The maximum absolute atomic E-state index is 12.0. The number of hydrogen-bond acceptors (Lipinski definition) is 6. The van der Waals surface area contributed by atoms with Crippen LogP contribution in [0.4, 0.5) is 5.82 Å². The first kappa shape index (κ1) is 16.5. The molecule has 3 rings (SSSR count). The van der Waals surface area contributed by atoms with E-state index in [0.29, 0.717) is 19.0 Å². The van der Waals surface area contributed by atoms with Gasteiger partial charge >= 0.3 is 0 Å². The van der Waals surface area contributed by atoms with Crippen molar-refractivity contribution in [3.8, 4) is 5.88 Å². The highest BCUT2D eigenvalue weighted by atomic mass is 16.5. The van der Waals surface area contributed by atoms with E-state index in [1.165, 1.54) is 26.1 Å². The Hall–Kier alpha value is -2.38. The molecule has 0 spiro atoms. The van der Waals surface area contributed by atoms with Crippen molar-refractivity contribution in [2.45, 2.75) is 32.3 Å². The van der Waals surface area contributed by atoms with E-state index in [4.69, 9.17) is 4.74 Å². The van der Waals surface area contributed by atoms with Crippen LogP contribution < -0.4 is 15.0 Å². The number of nitrogens with one attached hydrogen (secondary N) is 1. The smallest absolute Gasteiger partial charge is 0.242 e. The lowest BCUT2D eigenvalue weighted by Crippen LogP contribution is -2.39. The summed E-state index contributed by atoms with van der Waals surface area (Å²) in [6, 6.07) is 1.87. The first-order valence-corrected chi connectivity index (χ1v) is 8.37. The molecule has 3 heterocycles. The standard InChI is InChI=1S/C16H23N5O3/c1-12(22)17-9-16(23)21-7-4-13(10-21)24-15-8-14(18-11-19-15)20-5-2-3-6-20/h8,11,13H,2-7,9-10H2,1H3,(H,17,22). The minimum Gasteiger partial charge on any atom is -0.472 e. The highest BCUT2D eigenvalue weighted by molar-refractivity contribution is 5.83. The van der Waals surface area contributed by atoms with Gasteiger partial charge in [0, 0.05) is 39.0 Å². The second kappa shape index (κ2) is 7.46. The normalized spacial score (nSPS) is 20.3. The molecule has 1 atom stereocenters. The summed E-state index contributed by atoms with van der Waals surface area (Å²) in [4.78, 5) is 35.3. The van der Waals surface area contributed by atoms with Gasteiger partial charge in [-0.2, -0.15) is 0 Å². The summed E-state index contributed by atoms with van der Waals surface area (Å²) in [7, 11) is 0. The number of carbonyl (C=O) groups excluding carboxylic acids is 2. The molecular formula is C16H23N5O3. The minimum absolute atomic E-state index is 0.0364. The number of carbonyl (C=O) groups is 2. The average molecular weight is 333 g/mol. The molecule has 1 unspecified atom stereocenters. The van der Waals surface area contributed by atoms with Gasteiger partial charge in [-0.3, -0.25) is 9.59 Å². The molecule has 0 aliphatic carbocycles. The van der Waals surface area contributed by atoms with Gasteiger partial charge in [-0.1, -0.05) is 0 Å². The van der Waals surface area contributed by atoms with Crippen LogP contribution in [0.3, 0.4) is 0 Å². The molecule has 130 valence electrons. The third-order valence-corrected chi connectivity index (χ3v) is 4.33. The fraction of sp³-hybridized carbons (Fsp3) is 0.625. The number of ether oxygens (including phenoxy) is 1. The van der Waals surface area contributed by atoms with Crippen LogP contribution >= 0.6 is 0 Å². The van der Waals surface area contributed by atoms with Crippen molar-refractivity contribution < 1.29 is 14.3 Å². The molecule has 2 aliphatic rings. The largest absolute Gasteiger partial charge is 0.472 e. The van der Waals surface area contributed by atoms with Gasteiger partial charge < -0.3 is 19.9 Å². The van der Waals surface area contributed by atoms with Gasteiger partial charge in [0.25, 0.3) is 0 Å². The predicted octanol–water partition coefficient (Wildman–Crippen LogP) is 0.193. The van der Waals surface area contributed by atoms with Crippen molar-refractivity contribution in [1.29, 1.82) is 0 Å². The average Bonchev–Trinajstić information content (AvgIpc) is 3.24. The number of aromatic nitrogens is 2. The lowest BCUT2D eigenvalue weighted by Gasteiger charge is -2.19. The van der Waals surface area contributed by atoms with Gasteiger partial charge in [0.1, 0.15) is 18.2 Å². The zero-order valence-corrected chi connectivity index (χ0v) is 13.9. The highest BCUT2D eigenvalue weighted by Gasteiger charge is 2.28. The predicted molar refractivity (Wildman–Crippen MR) is 87.8 cm³/mol. The molecule has 0 saturated carbocycles. The third kappa shape index (κ3) is 4.12. The van der Waals surface area contributed by atoms with Crippen molar-refractivity contribution in [2.75, 3.05) is 37.6 Å². The molecule has 1 aromatic rings. The molecule has 0 bridgehead atoms. The van der Waals surface area contributed by atoms with Crippen molar-refractivity contribution in [3.63, 3.8) is 0 Å². The summed E-state index contributed by atoms with van der Waals surface area (Å²) >= 11 is 0. The molecule has 8 heteroatoms. The van der Waals surface area contributed by atoms with Gasteiger partial charge in [0.2, 0.25) is 17.7 Å². The van der Waals surface area contributed by atoms with Gasteiger partial charge in [0.05, 0.1) is 13.1 Å². The van der Waals surface area contributed by atoms with Gasteiger partial charge in [-0.05, 0) is 12.8 Å². The molecule has 1 aromatic heterocycles. The highest BCUT2D eigenvalue weighted by Crippen LogP contribution is 2.22. The molecule has 2 aliphatic heterocycles. The summed E-state index contributed by atoms with van der Waals surface area (Å²) in [6.45, 7) is 4.62. The van der Waals surface area contributed by atoms with E-state index in [2.05, 4.69) is 20.2 Å². The number of anilines is 1. The zero-order chi connectivity index (χ0) is 16.9. The summed E-state index contributed by atoms with van der Waals surface area (Å²) in [5.74, 6) is 1.16. The van der Waals surface area contributed by atoms with E-state index in [0.717, 1.165) is 25.3 Å². The maximum atomic E-state index is 12.0. The van der Waals surface area contributed by atoms with Crippen LogP contribution in [0.2, 0.25) is 0 Å². The first-order valence-electron chi connectivity index (χ1n) is 8.37. The number of hydrogen-bond donors (Lipinski definition) is 1. The lowest BCUT2D eigenvalue weighted by molar-refractivity contribution is -0.131. The Labute approximate surface area is 141 Å². The van der Waals surface area contributed by atoms with Crippen molar-refractivity contribution >= 4 is 17.6 Å². The van der Waals surface area contributed by atoms with Crippen LogP contribution in [0, 0.1) is 0 Å². The number of rotatable bonds is 5. The Balaban J connectivity index is 1.52. The van der Waals surface area contributed by atoms with Crippen LogP contribution in [0.1, 0.15) is 26.2 Å². The summed E-state index contributed by atoms with van der Waals surface area (Å²) in [6.07, 6.45) is 4.59. The summed E-state index contributed by atoms with van der Waals surface area (Å²) in [5.41, 5.74) is 0. The second-order valence-electron chi connectivity index (χ2n) is 6.19. The van der Waals surface area contributed by atoms with Gasteiger partial charge in [-0.25, -0.2) is 9.97 Å². The molecule has 2 amide bonds. The third-order valence-electron chi connectivity index (χ3n) is 4.33. The SMILES string of the molecule is CC(=O)NCC(=O)N1CCC(Oc2cc(N3CCCC3)ncn2)C1. The van der Waals surface area contributed by atoms with E-state index < -0.39 is 0 Å². The Kier molecular flexibility index (Phi) is 5.12. The molecule has 8 nitrogen and oxygen atoms in total. The van der Waals surface area contributed by atoms with Crippen LogP contribution in [0.5, 0.6) is 5.88 Å². The lowest BCUT2D eigenvalue weighted by atomic mass is 10.3. The minimum atomic E-state index is -0.203. The number of likely N-dealkylation sites (tertiary alicyclic amines) is 1. The molecule has 0 aromatic carbocycles. The number of amides is 2.